The maximum atomic E-state index is 6.15. The van der Waals surface area contributed by atoms with Crippen molar-refractivity contribution in [1.29, 1.82) is 0 Å². The Morgan fingerprint density at radius 1 is 0.789 bits per heavy atom. The number of rotatable bonds is 1. The summed E-state index contributed by atoms with van der Waals surface area (Å²) in [5.74, 6) is 0. The zero-order valence-electron chi connectivity index (χ0n) is 12.2. The minimum atomic E-state index is 0.618. The lowest BCUT2D eigenvalue weighted by molar-refractivity contribution is 1.18. The van der Waals surface area contributed by atoms with Crippen molar-refractivity contribution in [2.24, 2.45) is 0 Å². The molecule has 100 valence electrons. The topological polar surface area (TPSA) is 26.0 Å². The predicted octanol–water partition coefficient (Wildman–Crippen LogP) is 5.13. The first-order chi connectivity index (χ1) is 8.84. The van der Waals surface area contributed by atoms with E-state index in [1.807, 2.05) is 18.2 Å². The molecular formula is C17H20ClN. The largest absolute Gasteiger partial charge is 0.398 e. The average Bonchev–Trinajstić information content (AvgIpc) is 2.38. The molecule has 0 aliphatic heterocycles. The summed E-state index contributed by atoms with van der Waals surface area (Å²) in [5.41, 5.74) is 15.6. The van der Waals surface area contributed by atoms with Crippen LogP contribution in [0.5, 0.6) is 0 Å². The van der Waals surface area contributed by atoms with Gasteiger partial charge in [-0.25, -0.2) is 0 Å². The van der Waals surface area contributed by atoms with Gasteiger partial charge in [0.25, 0.3) is 0 Å². The van der Waals surface area contributed by atoms with E-state index in [0.29, 0.717) is 10.7 Å². The fourth-order valence-corrected chi connectivity index (χ4v) is 2.80. The summed E-state index contributed by atoms with van der Waals surface area (Å²) in [6.45, 7) is 10.9. The molecule has 0 atom stereocenters. The lowest BCUT2D eigenvalue weighted by Gasteiger charge is -2.19. The Balaban J connectivity index is 2.79. The molecule has 2 rings (SSSR count). The van der Waals surface area contributed by atoms with Crippen molar-refractivity contribution in [3.05, 3.63) is 51.0 Å². The van der Waals surface area contributed by atoms with Gasteiger partial charge in [0.1, 0.15) is 0 Å². The van der Waals surface area contributed by atoms with Gasteiger partial charge in [0.15, 0.2) is 0 Å². The van der Waals surface area contributed by atoms with E-state index in [9.17, 15) is 0 Å². The Labute approximate surface area is 120 Å². The highest BCUT2D eigenvalue weighted by molar-refractivity contribution is 6.33. The van der Waals surface area contributed by atoms with Crippen LogP contribution in [0.2, 0.25) is 5.02 Å². The lowest BCUT2D eigenvalue weighted by Crippen LogP contribution is -1.99. The van der Waals surface area contributed by atoms with Crippen molar-refractivity contribution >= 4 is 17.3 Å². The van der Waals surface area contributed by atoms with Crippen molar-refractivity contribution < 1.29 is 0 Å². The number of hydrogen-bond donors (Lipinski definition) is 1. The fraction of sp³-hybridized carbons (Fsp3) is 0.294. The quantitative estimate of drug-likeness (QED) is 0.716. The van der Waals surface area contributed by atoms with E-state index in [4.69, 9.17) is 17.3 Å². The van der Waals surface area contributed by atoms with Gasteiger partial charge < -0.3 is 5.73 Å². The molecule has 0 saturated carbocycles. The molecule has 2 aromatic carbocycles. The molecule has 0 radical (unpaired) electrons. The maximum absolute atomic E-state index is 6.15. The van der Waals surface area contributed by atoms with E-state index in [1.165, 1.54) is 33.4 Å². The first-order valence-electron chi connectivity index (χ1n) is 6.47. The number of anilines is 1. The number of nitrogen functional groups attached to an aromatic ring is 1. The Morgan fingerprint density at radius 2 is 1.26 bits per heavy atom. The van der Waals surface area contributed by atoms with Crippen molar-refractivity contribution in [3.8, 4) is 11.1 Å². The number of benzene rings is 2. The van der Waals surface area contributed by atoms with Gasteiger partial charge in [-0.1, -0.05) is 17.7 Å². The number of nitrogens with two attached hydrogens (primary N) is 1. The minimum absolute atomic E-state index is 0.618. The van der Waals surface area contributed by atoms with E-state index in [2.05, 4.69) is 34.6 Å². The van der Waals surface area contributed by atoms with Gasteiger partial charge in [-0.3, -0.25) is 0 Å². The van der Waals surface area contributed by atoms with Crippen LogP contribution in [0.15, 0.2) is 18.2 Å². The molecule has 0 heterocycles. The van der Waals surface area contributed by atoms with Crippen molar-refractivity contribution in [2.75, 3.05) is 5.73 Å². The standard InChI is InChI=1S/C17H20ClN/c1-9-10(2)12(4)17(13(5)11(9)3)14-6-7-16(19)15(18)8-14/h6-8H,19H2,1-5H3. The van der Waals surface area contributed by atoms with Gasteiger partial charge in [-0.15, -0.1) is 0 Å². The third kappa shape index (κ3) is 2.23. The van der Waals surface area contributed by atoms with Crippen LogP contribution in [0.4, 0.5) is 5.69 Å². The summed E-state index contributed by atoms with van der Waals surface area (Å²) in [4.78, 5) is 0. The van der Waals surface area contributed by atoms with Crippen LogP contribution in [-0.4, -0.2) is 0 Å². The molecule has 2 N–H and O–H groups in total. The molecule has 0 unspecified atom stereocenters. The Kier molecular flexibility index (Phi) is 3.60. The number of hydrogen-bond acceptors (Lipinski definition) is 1. The van der Waals surface area contributed by atoms with E-state index in [0.717, 1.165) is 5.56 Å². The molecule has 2 aromatic rings. The second-order valence-corrected chi connectivity index (χ2v) is 5.64. The molecule has 0 spiro atoms. The summed E-state index contributed by atoms with van der Waals surface area (Å²) < 4.78 is 0. The Morgan fingerprint density at radius 3 is 1.74 bits per heavy atom. The lowest BCUT2D eigenvalue weighted by atomic mass is 9.86. The zero-order valence-corrected chi connectivity index (χ0v) is 12.9. The molecule has 1 nitrogen and oxygen atoms in total. The van der Waals surface area contributed by atoms with Crippen LogP contribution in [0.3, 0.4) is 0 Å². The average molecular weight is 274 g/mol. The molecular weight excluding hydrogens is 254 g/mol. The Bertz CT molecular complexity index is 628. The van der Waals surface area contributed by atoms with E-state index >= 15 is 0 Å². The Hall–Kier alpha value is -1.47. The highest BCUT2D eigenvalue weighted by Gasteiger charge is 2.14. The first kappa shape index (κ1) is 14.0. The fourth-order valence-electron chi connectivity index (χ4n) is 2.62. The van der Waals surface area contributed by atoms with E-state index < -0.39 is 0 Å². The van der Waals surface area contributed by atoms with Crippen molar-refractivity contribution in [1.82, 2.24) is 0 Å². The molecule has 0 amide bonds. The predicted molar refractivity (Wildman–Crippen MR) is 85.0 cm³/mol. The summed E-state index contributed by atoms with van der Waals surface area (Å²) in [7, 11) is 0. The minimum Gasteiger partial charge on any atom is -0.398 e. The van der Waals surface area contributed by atoms with Crippen molar-refractivity contribution in [2.45, 2.75) is 34.6 Å². The van der Waals surface area contributed by atoms with Crippen LogP contribution >= 0.6 is 11.6 Å². The second kappa shape index (κ2) is 4.90. The van der Waals surface area contributed by atoms with Gasteiger partial charge in [0, 0.05) is 0 Å². The first-order valence-corrected chi connectivity index (χ1v) is 6.84. The van der Waals surface area contributed by atoms with Gasteiger partial charge in [0.2, 0.25) is 0 Å². The molecule has 0 bridgehead atoms. The molecule has 0 aliphatic rings. The highest BCUT2D eigenvalue weighted by Crippen LogP contribution is 2.36. The van der Waals surface area contributed by atoms with E-state index in [-0.39, 0.29) is 0 Å². The second-order valence-electron chi connectivity index (χ2n) is 5.24. The summed E-state index contributed by atoms with van der Waals surface area (Å²) in [6, 6.07) is 5.88. The van der Waals surface area contributed by atoms with Crippen LogP contribution in [0.1, 0.15) is 27.8 Å². The molecule has 0 aliphatic carbocycles. The van der Waals surface area contributed by atoms with Gasteiger partial charge in [-0.05, 0) is 85.7 Å². The van der Waals surface area contributed by atoms with E-state index in [1.54, 1.807) is 0 Å². The highest BCUT2D eigenvalue weighted by atomic mass is 35.5. The maximum Gasteiger partial charge on any atom is 0.0641 e. The van der Waals surface area contributed by atoms with Crippen LogP contribution in [0.25, 0.3) is 11.1 Å². The monoisotopic (exact) mass is 273 g/mol. The van der Waals surface area contributed by atoms with Gasteiger partial charge in [-0.2, -0.15) is 0 Å². The van der Waals surface area contributed by atoms with Gasteiger partial charge in [0.05, 0.1) is 10.7 Å². The third-order valence-corrected chi connectivity index (χ3v) is 4.62. The molecule has 0 fully saturated rings. The molecule has 2 heteroatoms. The van der Waals surface area contributed by atoms with Crippen LogP contribution in [0, 0.1) is 34.6 Å². The summed E-state index contributed by atoms with van der Waals surface area (Å²) >= 11 is 6.15. The zero-order chi connectivity index (χ0) is 14.3. The summed E-state index contributed by atoms with van der Waals surface area (Å²) in [6.07, 6.45) is 0. The molecule has 19 heavy (non-hydrogen) atoms. The van der Waals surface area contributed by atoms with Gasteiger partial charge >= 0.3 is 0 Å². The van der Waals surface area contributed by atoms with Crippen molar-refractivity contribution in [3.63, 3.8) is 0 Å². The number of halogens is 1. The molecule has 0 aromatic heterocycles. The van der Waals surface area contributed by atoms with Crippen LogP contribution < -0.4 is 5.73 Å². The SMILES string of the molecule is Cc1c(C)c(C)c(-c2ccc(N)c(Cl)c2)c(C)c1C. The third-order valence-electron chi connectivity index (χ3n) is 4.29. The smallest absolute Gasteiger partial charge is 0.0641 e. The normalized spacial score (nSPS) is 10.8. The summed E-state index contributed by atoms with van der Waals surface area (Å²) in [5, 5.41) is 0.618. The van der Waals surface area contributed by atoms with Crippen LogP contribution in [-0.2, 0) is 0 Å². The molecule has 0 saturated heterocycles.